The average Bonchev–Trinajstić information content (AvgIpc) is 2.55. The van der Waals surface area contributed by atoms with Crippen molar-refractivity contribution in [1.29, 1.82) is 0 Å². The molecule has 21 heavy (non-hydrogen) atoms. The van der Waals surface area contributed by atoms with Crippen molar-refractivity contribution in [1.82, 2.24) is 10.3 Å². The largest absolute Gasteiger partial charge is 0.381 e. The molecule has 1 saturated heterocycles. The first-order valence-electron chi connectivity index (χ1n) is 7.04. The van der Waals surface area contributed by atoms with Gasteiger partial charge in [-0.05, 0) is 25.0 Å². The highest BCUT2D eigenvalue weighted by Gasteiger charge is 2.33. The number of pyridine rings is 1. The predicted molar refractivity (Wildman–Crippen MR) is 85.8 cm³/mol. The number of para-hydroxylation sites is 1. The van der Waals surface area contributed by atoms with Crippen molar-refractivity contribution in [3.05, 3.63) is 42.1 Å². The molecule has 0 atom stereocenters. The predicted octanol–water partition coefficient (Wildman–Crippen LogP) is 2.91. The van der Waals surface area contributed by atoms with Crippen LogP contribution in [0.1, 0.15) is 23.2 Å². The van der Waals surface area contributed by atoms with Crippen molar-refractivity contribution in [2.45, 2.75) is 18.4 Å². The number of aromatic nitrogens is 1. The molecule has 0 saturated carbocycles. The van der Waals surface area contributed by atoms with Crippen molar-refractivity contribution >= 4 is 32.7 Å². The summed E-state index contributed by atoms with van der Waals surface area (Å²) in [5, 5.41) is 4.89. The minimum Gasteiger partial charge on any atom is -0.381 e. The third-order valence-electron chi connectivity index (χ3n) is 3.96. The molecule has 0 spiro atoms. The van der Waals surface area contributed by atoms with E-state index in [-0.39, 0.29) is 11.4 Å². The van der Waals surface area contributed by atoms with Gasteiger partial charge in [0, 0.05) is 30.1 Å². The summed E-state index contributed by atoms with van der Waals surface area (Å²) in [4.78, 5) is 17.0. The number of benzene rings is 1. The molecular formula is C16H17BrN2O2. The molecule has 1 fully saturated rings. The lowest BCUT2D eigenvalue weighted by molar-refractivity contribution is 0.0442. The number of nitrogens with one attached hydrogen (secondary N) is 1. The lowest BCUT2D eigenvalue weighted by atomic mass is 9.92. The fourth-order valence-corrected chi connectivity index (χ4v) is 3.35. The zero-order chi connectivity index (χ0) is 14.7. The fourth-order valence-electron chi connectivity index (χ4n) is 2.65. The van der Waals surface area contributed by atoms with E-state index in [1.54, 1.807) is 6.20 Å². The van der Waals surface area contributed by atoms with Gasteiger partial charge in [-0.3, -0.25) is 9.78 Å². The number of halogens is 1. The van der Waals surface area contributed by atoms with Crippen molar-refractivity contribution in [2.75, 3.05) is 18.5 Å². The number of ether oxygens (including phenoxy) is 1. The molecule has 2 heterocycles. The Hall–Kier alpha value is -1.46. The van der Waals surface area contributed by atoms with E-state index >= 15 is 0 Å². The summed E-state index contributed by atoms with van der Waals surface area (Å²) in [5.74, 6) is -0.0688. The van der Waals surface area contributed by atoms with Crippen LogP contribution in [0.4, 0.5) is 0 Å². The van der Waals surface area contributed by atoms with Crippen LogP contribution in [0.15, 0.2) is 36.5 Å². The first-order chi connectivity index (χ1) is 10.2. The van der Waals surface area contributed by atoms with Gasteiger partial charge in [-0.2, -0.15) is 0 Å². The highest BCUT2D eigenvalue weighted by molar-refractivity contribution is 9.09. The third kappa shape index (κ3) is 2.94. The van der Waals surface area contributed by atoms with Crippen molar-refractivity contribution in [3.8, 4) is 0 Å². The molecule has 1 aliphatic heterocycles. The number of fused-ring (bicyclic) bond motifs is 1. The Morgan fingerprint density at radius 1 is 1.29 bits per heavy atom. The van der Waals surface area contributed by atoms with Crippen LogP contribution in [-0.2, 0) is 4.74 Å². The lowest BCUT2D eigenvalue weighted by Crippen LogP contribution is -2.53. The summed E-state index contributed by atoms with van der Waals surface area (Å²) in [7, 11) is 0. The highest BCUT2D eigenvalue weighted by atomic mass is 79.9. The number of hydrogen-bond acceptors (Lipinski definition) is 3. The molecule has 0 aliphatic carbocycles. The van der Waals surface area contributed by atoms with E-state index < -0.39 is 0 Å². The van der Waals surface area contributed by atoms with E-state index in [0.29, 0.717) is 18.8 Å². The van der Waals surface area contributed by atoms with Gasteiger partial charge in [0.05, 0.1) is 16.6 Å². The minimum atomic E-state index is -0.230. The number of carbonyl (C=O) groups is 1. The van der Waals surface area contributed by atoms with Gasteiger partial charge in [0.25, 0.3) is 5.91 Å². The summed E-state index contributed by atoms with van der Waals surface area (Å²) in [6.07, 6.45) is 3.36. The Balaban J connectivity index is 1.90. The smallest absolute Gasteiger partial charge is 0.253 e. The van der Waals surface area contributed by atoms with Crippen LogP contribution >= 0.6 is 15.9 Å². The van der Waals surface area contributed by atoms with Crippen molar-refractivity contribution < 1.29 is 9.53 Å². The van der Waals surface area contributed by atoms with E-state index in [1.165, 1.54) is 0 Å². The molecule has 0 bridgehead atoms. The molecule has 1 N–H and O–H groups in total. The molecule has 1 amide bonds. The zero-order valence-electron chi connectivity index (χ0n) is 11.6. The van der Waals surface area contributed by atoms with Gasteiger partial charge in [0.1, 0.15) is 0 Å². The topological polar surface area (TPSA) is 51.2 Å². The number of hydrogen-bond donors (Lipinski definition) is 1. The molecule has 5 heteroatoms. The number of amides is 1. The minimum absolute atomic E-state index is 0.0688. The number of carbonyl (C=O) groups excluding carboxylic acids is 1. The number of alkyl halides is 1. The van der Waals surface area contributed by atoms with Crippen LogP contribution in [0, 0.1) is 0 Å². The van der Waals surface area contributed by atoms with Crippen LogP contribution in [-0.4, -0.2) is 35.0 Å². The molecule has 3 rings (SSSR count). The maximum Gasteiger partial charge on any atom is 0.253 e. The van der Waals surface area contributed by atoms with Crippen molar-refractivity contribution in [3.63, 3.8) is 0 Å². The van der Waals surface area contributed by atoms with Crippen LogP contribution in [0.2, 0.25) is 0 Å². The van der Waals surface area contributed by atoms with E-state index in [0.717, 1.165) is 29.1 Å². The first-order valence-corrected chi connectivity index (χ1v) is 8.16. The molecule has 2 aromatic rings. The Morgan fingerprint density at radius 2 is 2.05 bits per heavy atom. The van der Waals surface area contributed by atoms with Crippen LogP contribution < -0.4 is 5.32 Å². The van der Waals surface area contributed by atoms with Gasteiger partial charge in [-0.15, -0.1) is 0 Å². The van der Waals surface area contributed by atoms with Gasteiger partial charge in [0.15, 0.2) is 0 Å². The highest BCUT2D eigenvalue weighted by Crippen LogP contribution is 2.24. The van der Waals surface area contributed by atoms with E-state index in [1.807, 2.05) is 30.3 Å². The Kier molecular flexibility index (Phi) is 4.22. The SMILES string of the molecule is O=C(NC1(CBr)CCOCC1)c1cccc2cccnc12. The zero-order valence-corrected chi connectivity index (χ0v) is 13.2. The second-order valence-electron chi connectivity index (χ2n) is 5.36. The maximum atomic E-state index is 12.7. The van der Waals surface area contributed by atoms with E-state index in [2.05, 4.69) is 26.2 Å². The van der Waals surface area contributed by atoms with Crippen LogP contribution in [0.3, 0.4) is 0 Å². The van der Waals surface area contributed by atoms with Gasteiger partial charge in [-0.1, -0.05) is 34.1 Å². The van der Waals surface area contributed by atoms with Crippen LogP contribution in [0.5, 0.6) is 0 Å². The second kappa shape index (κ2) is 6.12. The Labute approximate surface area is 132 Å². The monoisotopic (exact) mass is 348 g/mol. The summed E-state index contributed by atoms with van der Waals surface area (Å²) in [5.41, 5.74) is 1.14. The molecule has 1 aromatic carbocycles. The quantitative estimate of drug-likeness (QED) is 0.867. The molecule has 4 nitrogen and oxygen atoms in total. The third-order valence-corrected chi connectivity index (χ3v) is 5.04. The van der Waals surface area contributed by atoms with Gasteiger partial charge in [0.2, 0.25) is 0 Å². The van der Waals surface area contributed by atoms with Gasteiger partial charge in [-0.25, -0.2) is 0 Å². The first kappa shape index (κ1) is 14.5. The fraction of sp³-hybridized carbons (Fsp3) is 0.375. The molecule has 1 aromatic heterocycles. The lowest BCUT2D eigenvalue weighted by Gasteiger charge is -2.36. The summed E-state index contributed by atoms with van der Waals surface area (Å²) < 4.78 is 5.40. The number of nitrogens with zero attached hydrogens (tertiary/aromatic N) is 1. The van der Waals surface area contributed by atoms with E-state index in [9.17, 15) is 4.79 Å². The Morgan fingerprint density at radius 3 is 2.81 bits per heavy atom. The summed E-state index contributed by atoms with van der Waals surface area (Å²) in [6, 6.07) is 9.53. The van der Waals surface area contributed by atoms with Crippen molar-refractivity contribution in [2.24, 2.45) is 0 Å². The van der Waals surface area contributed by atoms with Gasteiger partial charge < -0.3 is 10.1 Å². The summed E-state index contributed by atoms with van der Waals surface area (Å²) >= 11 is 3.53. The molecule has 0 unspecified atom stereocenters. The molecular weight excluding hydrogens is 332 g/mol. The Bertz CT molecular complexity index is 648. The van der Waals surface area contributed by atoms with Gasteiger partial charge >= 0.3 is 0 Å². The molecule has 0 radical (unpaired) electrons. The number of rotatable bonds is 3. The maximum absolute atomic E-state index is 12.7. The van der Waals surface area contributed by atoms with E-state index in [4.69, 9.17) is 4.74 Å². The normalized spacial score (nSPS) is 17.6. The second-order valence-corrected chi connectivity index (χ2v) is 5.92. The van der Waals surface area contributed by atoms with Crippen LogP contribution in [0.25, 0.3) is 10.9 Å². The average molecular weight is 349 g/mol. The molecule has 1 aliphatic rings. The standard InChI is InChI=1S/C16H17BrN2O2/c17-11-16(6-9-21-10-7-16)19-15(20)13-5-1-3-12-4-2-8-18-14(12)13/h1-5,8H,6-7,9-11H2,(H,19,20). The molecule has 110 valence electrons. The summed E-state index contributed by atoms with van der Waals surface area (Å²) in [6.45, 7) is 1.36.